The van der Waals surface area contributed by atoms with Crippen molar-refractivity contribution in [2.75, 3.05) is 0 Å². The fourth-order valence-corrected chi connectivity index (χ4v) is 1.61. The van der Waals surface area contributed by atoms with E-state index in [2.05, 4.69) is 14.3 Å². The molecule has 2 rings (SSSR count). The molecule has 0 fully saturated rings. The van der Waals surface area contributed by atoms with Crippen molar-refractivity contribution < 1.29 is 8.78 Å². The molecule has 0 amide bonds. The van der Waals surface area contributed by atoms with Gasteiger partial charge in [-0.05, 0) is 35.3 Å². The van der Waals surface area contributed by atoms with Crippen LogP contribution >= 0.6 is 23.1 Å². The van der Waals surface area contributed by atoms with E-state index < -0.39 is 6.43 Å². The van der Waals surface area contributed by atoms with Gasteiger partial charge >= 0.3 is 0 Å². The lowest BCUT2D eigenvalue weighted by atomic mass is 10.3. The molecule has 0 aliphatic carbocycles. The molecule has 2 aromatic rings. The molecule has 0 atom stereocenters. The monoisotopic (exact) mass is 247 g/mol. The molecule has 0 saturated heterocycles. The van der Waals surface area contributed by atoms with Crippen molar-refractivity contribution in [3.8, 4) is 11.5 Å². The topological polar surface area (TPSA) is 38.7 Å². The maximum atomic E-state index is 12.3. The fraction of sp³-hybridized carbons (Fsp3) is 0.125. The molecule has 7 heteroatoms. The molecule has 2 heterocycles. The summed E-state index contributed by atoms with van der Waals surface area (Å²) in [5, 5.41) is 0. The molecule has 0 radical (unpaired) electrons. The Hall–Kier alpha value is -1.14. The molecule has 0 aliphatic rings. The van der Waals surface area contributed by atoms with Gasteiger partial charge in [0.15, 0.2) is 5.82 Å². The van der Waals surface area contributed by atoms with Crippen LogP contribution in [0.2, 0.25) is 4.47 Å². The van der Waals surface area contributed by atoms with Gasteiger partial charge in [-0.1, -0.05) is 6.07 Å². The van der Waals surface area contributed by atoms with Gasteiger partial charge in [0.25, 0.3) is 6.43 Å². The van der Waals surface area contributed by atoms with Crippen LogP contribution in [0.3, 0.4) is 0 Å². The number of nitrogens with zero attached hydrogens (tertiary/aromatic N) is 3. The molecule has 78 valence electrons. The molecule has 0 saturated carbocycles. The fourth-order valence-electron chi connectivity index (χ4n) is 1.01. The van der Waals surface area contributed by atoms with Gasteiger partial charge < -0.3 is 0 Å². The van der Waals surface area contributed by atoms with Crippen LogP contribution in [0.4, 0.5) is 8.78 Å². The van der Waals surface area contributed by atoms with Crippen LogP contribution in [0.5, 0.6) is 0 Å². The number of rotatable bonds is 2. The average molecular weight is 248 g/mol. The third-order valence-electron chi connectivity index (χ3n) is 1.62. The largest absolute Gasteiger partial charge is 0.280 e. The summed E-state index contributed by atoms with van der Waals surface area (Å²) >= 11 is 6.57. The van der Waals surface area contributed by atoms with Crippen molar-refractivity contribution in [1.29, 1.82) is 0 Å². The SMILES string of the molecule is FC(F)c1cccc(-c2nsc(Cl)n2)n1. The molecule has 3 nitrogen and oxygen atoms in total. The number of hydrogen-bond donors (Lipinski definition) is 0. The van der Waals surface area contributed by atoms with Gasteiger partial charge in [-0.2, -0.15) is 4.37 Å². The lowest BCUT2D eigenvalue weighted by Crippen LogP contribution is -1.92. The van der Waals surface area contributed by atoms with Gasteiger partial charge in [0.05, 0.1) is 0 Å². The van der Waals surface area contributed by atoms with Gasteiger partial charge in [-0.15, -0.1) is 0 Å². The highest BCUT2D eigenvalue weighted by molar-refractivity contribution is 7.10. The number of alkyl halides is 2. The maximum Gasteiger partial charge on any atom is 0.280 e. The van der Waals surface area contributed by atoms with E-state index in [0.29, 0.717) is 5.69 Å². The third-order valence-corrected chi connectivity index (χ3v) is 2.42. The second kappa shape index (κ2) is 4.16. The summed E-state index contributed by atoms with van der Waals surface area (Å²) in [4.78, 5) is 7.58. The second-order valence-corrected chi connectivity index (χ2v) is 3.95. The van der Waals surface area contributed by atoms with Gasteiger partial charge in [-0.25, -0.2) is 18.7 Å². The summed E-state index contributed by atoms with van der Waals surface area (Å²) in [5.41, 5.74) is 0.00868. The van der Waals surface area contributed by atoms with Crippen molar-refractivity contribution in [2.45, 2.75) is 6.43 Å². The summed E-state index contributed by atoms with van der Waals surface area (Å²) < 4.78 is 28.8. The van der Waals surface area contributed by atoms with Crippen LogP contribution in [-0.4, -0.2) is 14.3 Å². The molecular weight excluding hydrogens is 244 g/mol. The second-order valence-electron chi connectivity index (χ2n) is 2.62. The Morgan fingerprint density at radius 2 is 2.07 bits per heavy atom. The third kappa shape index (κ3) is 2.27. The quantitative estimate of drug-likeness (QED) is 0.818. The highest BCUT2D eigenvalue weighted by Crippen LogP contribution is 2.22. The Bertz CT molecular complexity index is 474. The Morgan fingerprint density at radius 3 is 2.67 bits per heavy atom. The van der Waals surface area contributed by atoms with Crippen molar-refractivity contribution in [1.82, 2.24) is 14.3 Å². The number of pyridine rings is 1. The zero-order valence-corrected chi connectivity index (χ0v) is 8.77. The first kappa shape index (κ1) is 10.4. The number of aromatic nitrogens is 3. The first-order valence-corrected chi connectivity index (χ1v) is 5.06. The minimum Gasteiger partial charge on any atom is -0.243 e. The predicted octanol–water partition coefficient (Wildman–Crippen LogP) is 3.19. The first-order chi connectivity index (χ1) is 7.16. The van der Waals surface area contributed by atoms with E-state index in [1.54, 1.807) is 6.07 Å². The number of hydrogen-bond acceptors (Lipinski definition) is 4. The smallest absolute Gasteiger partial charge is 0.243 e. The summed E-state index contributed by atoms with van der Waals surface area (Å²) in [6.07, 6.45) is -2.60. The van der Waals surface area contributed by atoms with Crippen molar-refractivity contribution in [3.05, 3.63) is 28.4 Å². The van der Waals surface area contributed by atoms with E-state index in [1.165, 1.54) is 12.1 Å². The van der Waals surface area contributed by atoms with Crippen LogP contribution in [-0.2, 0) is 0 Å². The number of halogens is 3. The molecule has 0 spiro atoms. The average Bonchev–Trinajstić information content (AvgIpc) is 2.65. The van der Waals surface area contributed by atoms with Crippen LogP contribution < -0.4 is 0 Å². The Morgan fingerprint density at radius 1 is 1.27 bits per heavy atom. The summed E-state index contributed by atoms with van der Waals surface area (Å²) in [6.45, 7) is 0. The highest BCUT2D eigenvalue weighted by Gasteiger charge is 2.12. The van der Waals surface area contributed by atoms with Crippen LogP contribution in [0.15, 0.2) is 18.2 Å². The van der Waals surface area contributed by atoms with Crippen LogP contribution in [0, 0.1) is 0 Å². The molecule has 15 heavy (non-hydrogen) atoms. The van der Waals surface area contributed by atoms with E-state index in [9.17, 15) is 8.78 Å². The lowest BCUT2D eigenvalue weighted by molar-refractivity contribution is 0.146. The zero-order chi connectivity index (χ0) is 10.8. The van der Waals surface area contributed by atoms with E-state index >= 15 is 0 Å². The minimum atomic E-state index is -2.60. The normalized spacial score (nSPS) is 10.9. The molecule has 0 unspecified atom stereocenters. The van der Waals surface area contributed by atoms with E-state index in [4.69, 9.17) is 11.6 Å². The molecule has 0 aliphatic heterocycles. The van der Waals surface area contributed by atoms with Gasteiger partial charge in [0.1, 0.15) is 11.4 Å². The van der Waals surface area contributed by atoms with E-state index in [-0.39, 0.29) is 16.0 Å². The standard InChI is InChI=1S/C8H4ClF2N3S/c9-8-13-7(14-15-8)5-3-1-2-4(12-5)6(10)11/h1-3,6H. The molecular formula is C8H4ClF2N3S. The predicted molar refractivity (Wildman–Crippen MR) is 53.1 cm³/mol. The van der Waals surface area contributed by atoms with Gasteiger partial charge in [0, 0.05) is 0 Å². The van der Waals surface area contributed by atoms with Gasteiger partial charge in [0.2, 0.25) is 4.47 Å². The van der Waals surface area contributed by atoms with Crippen LogP contribution in [0.25, 0.3) is 11.5 Å². The van der Waals surface area contributed by atoms with E-state index in [1.807, 2.05) is 0 Å². The van der Waals surface area contributed by atoms with Crippen molar-refractivity contribution in [2.24, 2.45) is 0 Å². The summed E-state index contributed by atoms with van der Waals surface area (Å²) in [5.74, 6) is 0.271. The van der Waals surface area contributed by atoms with Crippen molar-refractivity contribution >= 4 is 23.1 Å². The Labute approximate surface area is 92.9 Å². The first-order valence-electron chi connectivity index (χ1n) is 3.91. The Kier molecular flexibility index (Phi) is 2.88. The molecule has 0 N–H and O–H groups in total. The maximum absolute atomic E-state index is 12.3. The molecule has 0 bridgehead atoms. The summed E-state index contributed by atoms with van der Waals surface area (Å²) in [7, 11) is 0. The molecule has 2 aromatic heterocycles. The highest BCUT2D eigenvalue weighted by atomic mass is 35.5. The van der Waals surface area contributed by atoms with Crippen LogP contribution in [0.1, 0.15) is 12.1 Å². The zero-order valence-electron chi connectivity index (χ0n) is 7.19. The van der Waals surface area contributed by atoms with E-state index in [0.717, 1.165) is 11.5 Å². The minimum absolute atomic E-state index is 0.259. The molecule has 0 aromatic carbocycles. The van der Waals surface area contributed by atoms with Gasteiger partial charge in [-0.3, -0.25) is 0 Å². The Balaban J connectivity index is 2.41. The van der Waals surface area contributed by atoms with Crippen molar-refractivity contribution in [3.63, 3.8) is 0 Å². The summed E-state index contributed by atoms with van der Waals surface area (Å²) in [6, 6.07) is 4.30. The lowest BCUT2D eigenvalue weighted by Gasteiger charge is -1.99.